The van der Waals surface area contributed by atoms with Gasteiger partial charge in [-0.1, -0.05) is 26.0 Å². The van der Waals surface area contributed by atoms with Crippen molar-refractivity contribution in [2.24, 2.45) is 5.10 Å². The fourth-order valence-corrected chi connectivity index (χ4v) is 4.76. The predicted molar refractivity (Wildman–Crippen MR) is 147 cm³/mol. The summed E-state index contributed by atoms with van der Waals surface area (Å²) in [6.07, 6.45) is 5.72. The molecule has 0 unspecified atom stereocenters. The zero-order valence-electron chi connectivity index (χ0n) is 22.2. The van der Waals surface area contributed by atoms with Crippen molar-refractivity contribution in [1.29, 1.82) is 0 Å². The first-order valence-corrected chi connectivity index (χ1v) is 12.9. The Morgan fingerprint density at radius 3 is 2.59 bits per heavy atom. The van der Waals surface area contributed by atoms with E-state index in [1.807, 2.05) is 17.0 Å². The normalized spacial score (nSPS) is 14.1. The summed E-state index contributed by atoms with van der Waals surface area (Å²) in [6, 6.07) is 8.61. The van der Waals surface area contributed by atoms with E-state index >= 15 is 0 Å². The molecule has 37 heavy (non-hydrogen) atoms. The van der Waals surface area contributed by atoms with Crippen molar-refractivity contribution in [2.75, 3.05) is 49.7 Å². The minimum Gasteiger partial charge on any atom is -0.378 e. The van der Waals surface area contributed by atoms with E-state index < -0.39 is 5.82 Å². The van der Waals surface area contributed by atoms with Crippen molar-refractivity contribution in [1.82, 2.24) is 19.9 Å². The van der Waals surface area contributed by atoms with Gasteiger partial charge >= 0.3 is 0 Å². The molecule has 4 rings (SSSR count). The van der Waals surface area contributed by atoms with Gasteiger partial charge in [-0.2, -0.15) is 10.1 Å². The van der Waals surface area contributed by atoms with Crippen LogP contribution in [0.2, 0.25) is 0 Å². The Morgan fingerprint density at radius 2 is 1.89 bits per heavy atom. The Balaban J connectivity index is 1.48. The number of nitrogens with zero attached hydrogens (tertiary/aromatic N) is 6. The first-order chi connectivity index (χ1) is 18.0. The number of halogens is 1. The summed E-state index contributed by atoms with van der Waals surface area (Å²) in [5.74, 6) is 0.0133. The molecule has 0 atom stereocenters. The van der Waals surface area contributed by atoms with Gasteiger partial charge in [0.1, 0.15) is 0 Å². The molecule has 1 aromatic carbocycles. The van der Waals surface area contributed by atoms with Gasteiger partial charge in [0.2, 0.25) is 5.95 Å². The molecule has 1 fully saturated rings. The number of rotatable bonds is 10. The fraction of sp³-hybridized carbons (Fsp3) is 0.429. The molecule has 9 heteroatoms. The van der Waals surface area contributed by atoms with Gasteiger partial charge in [-0.15, -0.1) is 0 Å². The van der Waals surface area contributed by atoms with Crippen LogP contribution in [-0.2, 0) is 11.3 Å². The van der Waals surface area contributed by atoms with Crippen LogP contribution in [0, 0.1) is 19.7 Å². The first kappa shape index (κ1) is 26.6. The molecule has 0 radical (unpaired) electrons. The topological polar surface area (TPSA) is 78.8 Å². The summed E-state index contributed by atoms with van der Waals surface area (Å²) >= 11 is 0. The van der Waals surface area contributed by atoms with Crippen molar-refractivity contribution in [2.45, 2.75) is 40.7 Å². The van der Waals surface area contributed by atoms with E-state index in [9.17, 15) is 4.39 Å². The lowest BCUT2D eigenvalue weighted by molar-refractivity contribution is 0.122. The molecule has 3 heterocycles. The van der Waals surface area contributed by atoms with Crippen molar-refractivity contribution < 1.29 is 9.13 Å². The van der Waals surface area contributed by atoms with E-state index in [1.54, 1.807) is 12.4 Å². The van der Waals surface area contributed by atoms with Crippen molar-refractivity contribution in [3.05, 3.63) is 64.9 Å². The molecule has 2 aromatic heterocycles. The third-order valence-corrected chi connectivity index (χ3v) is 6.45. The molecular weight excluding hydrogens is 469 g/mol. The number of hydrazone groups is 1. The number of benzene rings is 1. The van der Waals surface area contributed by atoms with Crippen LogP contribution in [0.5, 0.6) is 0 Å². The van der Waals surface area contributed by atoms with E-state index in [-0.39, 0.29) is 11.8 Å². The highest BCUT2D eigenvalue weighted by Crippen LogP contribution is 2.29. The number of hydrogen-bond acceptors (Lipinski definition) is 8. The van der Waals surface area contributed by atoms with Crippen LogP contribution >= 0.6 is 0 Å². The fourth-order valence-electron chi connectivity index (χ4n) is 4.76. The Kier molecular flexibility index (Phi) is 9.14. The minimum atomic E-state index is -0.463. The number of nitrogens with one attached hydrogen (secondary N) is 1. The second-order valence-corrected chi connectivity index (χ2v) is 9.28. The third-order valence-electron chi connectivity index (χ3n) is 6.45. The highest BCUT2D eigenvalue weighted by molar-refractivity contribution is 5.81. The smallest absolute Gasteiger partial charge is 0.245 e. The number of morpholine rings is 1. The molecule has 8 nitrogen and oxygen atoms in total. The molecule has 196 valence electrons. The van der Waals surface area contributed by atoms with E-state index in [1.165, 1.54) is 22.3 Å². The minimum absolute atomic E-state index is 0.224. The summed E-state index contributed by atoms with van der Waals surface area (Å²) in [5, 5.41) is 4.25. The maximum absolute atomic E-state index is 14.3. The van der Waals surface area contributed by atoms with Gasteiger partial charge in [0.05, 0.1) is 31.3 Å². The van der Waals surface area contributed by atoms with E-state index in [2.05, 4.69) is 70.2 Å². The van der Waals surface area contributed by atoms with Crippen LogP contribution in [0.25, 0.3) is 11.1 Å². The maximum atomic E-state index is 14.3. The van der Waals surface area contributed by atoms with Crippen molar-refractivity contribution in [3.8, 4) is 11.1 Å². The largest absolute Gasteiger partial charge is 0.378 e. The van der Waals surface area contributed by atoms with Crippen LogP contribution in [0.15, 0.2) is 41.8 Å². The number of hydrogen-bond donors (Lipinski definition) is 1. The van der Waals surface area contributed by atoms with Gasteiger partial charge in [0, 0.05) is 25.8 Å². The lowest BCUT2D eigenvalue weighted by atomic mass is 9.93. The molecule has 0 spiro atoms. The van der Waals surface area contributed by atoms with Crippen LogP contribution in [0.3, 0.4) is 0 Å². The number of pyridine rings is 1. The highest BCUT2D eigenvalue weighted by Gasteiger charge is 2.18. The zero-order chi connectivity index (χ0) is 26.2. The van der Waals surface area contributed by atoms with Gasteiger partial charge in [0.25, 0.3) is 0 Å². The van der Waals surface area contributed by atoms with E-state index in [0.717, 1.165) is 37.8 Å². The number of aryl methyl sites for hydroxylation is 2. The summed E-state index contributed by atoms with van der Waals surface area (Å²) in [4.78, 5) is 17.1. The highest BCUT2D eigenvalue weighted by atomic mass is 19.1. The van der Waals surface area contributed by atoms with Gasteiger partial charge < -0.3 is 9.64 Å². The Morgan fingerprint density at radius 1 is 1.14 bits per heavy atom. The average Bonchev–Trinajstić information content (AvgIpc) is 2.90. The molecule has 0 bridgehead atoms. The Hall–Kier alpha value is -3.43. The van der Waals surface area contributed by atoms with Gasteiger partial charge in [-0.3, -0.25) is 9.88 Å². The standard InChI is InChI=1S/C28H36FN7O/c1-5-9-35(6-2)19-22-14-20(3)26(21(4)15-22)23-7-8-30-24(16-23)17-32-34-28-31-18-25(29)27(33-28)36-10-12-37-13-11-36/h7-8,14-18H,5-6,9-13,19H2,1-4H3,(H,31,33,34)/b32-17+. The van der Waals surface area contributed by atoms with Crippen LogP contribution in [-0.4, -0.2) is 65.5 Å². The molecular formula is C28H36FN7O. The first-order valence-electron chi connectivity index (χ1n) is 12.9. The molecule has 1 N–H and O–H groups in total. The lowest BCUT2D eigenvalue weighted by Crippen LogP contribution is -2.37. The van der Waals surface area contributed by atoms with Crippen LogP contribution in [0.1, 0.15) is 42.7 Å². The number of anilines is 2. The summed E-state index contributed by atoms with van der Waals surface area (Å²) in [5.41, 5.74) is 9.62. The summed E-state index contributed by atoms with van der Waals surface area (Å²) in [6.45, 7) is 14.1. The maximum Gasteiger partial charge on any atom is 0.245 e. The van der Waals surface area contributed by atoms with Crippen LogP contribution < -0.4 is 10.3 Å². The van der Waals surface area contributed by atoms with E-state index in [0.29, 0.717) is 32.0 Å². The monoisotopic (exact) mass is 505 g/mol. The number of ether oxygens (including phenoxy) is 1. The van der Waals surface area contributed by atoms with Gasteiger partial charge in [-0.25, -0.2) is 14.8 Å². The van der Waals surface area contributed by atoms with E-state index in [4.69, 9.17) is 4.74 Å². The Bertz CT molecular complexity index is 1200. The van der Waals surface area contributed by atoms with Gasteiger partial charge in [-0.05, 0) is 73.3 Å². The second kappa shape index (κ2) is 12.7. The van der Waals surface area contributed by atoms with Crippen molar-refractivity contribution >= 4 is 18.0 Å². The molecule has 0 aliphatic carbocycles. The molecule has 3 aromatic rings. The van der Waals surface area contributed by atoms with Crippen LogP contribution in [0.4, 0.5) is 16.2 Å². The summed E-state index contributed by atoms with van der Waals surface area (Å²) < 4.78 is 19.6. The molecule has 1 saturated heterocycles. The zero-order valence-corrected chi connectivity index (χ0v) is 22.2. The third kappa shape index (κ3) is 6.87. The second-order valence-electron chi connectivity index (χ2n) is 9.28. The SMILES string of the molecule is CCCN(CC)Cc1cc(C)c(-c2ccnc(/C=N/Nc3ncc(F)c(N4CCOCC4)n3)c2)c(C)c1. The summed E-state index contributed by atoms with van der Waals surface area (Å²) in [7, 11) is 0. The number of aromatic nitrogens is 3. The molecule has 1 aliphatic rings. The molecule has 1 aliphatic heterocycles. The van der Waals surface area contributed by atoms with Crippen molar-refractivity contribution in [3.63, 3.8) is 0 Å². The lowest BCUT2D eigenvalue weighted by Gasteiger charge is -2.27. The average molecular weight is 506 g/mol. The Labute approximate surface area is 218 Å². The quantitative estimate of drug-likeness (QED) is 0.313. The molecule has 0 saturated carbocycles. The molecule has 0 amide bonds. The van der Waals surface area contributed by atoms with Gasteiger partial charge in [0.15, 0.2) is 11.6 Å². The predicted octanol–water partition coefficient (Wildman–Crippen LogP) is 4.81.